The van der Waals surface area contributed by atoms with Crippen molar-refractivity contribution in [1.82, 2.24) is 0 Å². The van der Waals surface area contributed by atoms with Crippen LogP contribution in [0.5, 0.6) is 0 Å². The number of benzene rings is 1. The monoisotopic (exact) mass is 259 g/mol. The molecule has 0 radical (unpaired) electrons. The van der Waals surface area contributed by atoms with Gasteiger partial charge in [-0.3, -0.25) is 4.79 Å². The number of aliphatic carboxylic acids is 1. The molecular weight excluding hydrogens is 249 g/mol. The second-order valence-electron chi connectivity index (χ2n) is 3.95. The van der Waals surface area contributed by atoms with Crippen LogP contribution in [0.3, 0.4) is 0 Å². The zero-order chi connectivity index (χ0) is 11.7. The van der Waals surface area contributed by atoms with Crippen molar-refractivity contribution in [3.8, 4) is 0 Å². The molecule has 1 fully saturated rings. The van der Waals surface area contributed by atoms with E-state index >= 15 is 0 Å². The van der Waals surface area contributed by atoms with Gasteiger partial charge in [0.2, 0.25) is 0 Å². The van der Waals surface area contributed by atoms with Gasteiger partial charge in [-0.05, 0) is 30.5 Å². The van der Waals surface area contributed by atoms with Gasteiger partial charge >= 0.3 is 5.97 Å². The SMILES string of the molecule is O=C(O)C1CC1CNc1cc(Cl)ccc1Cl. The molecule has 5 heteroatoms. The van der Waals surface area contributed by atoms with Gasteiger partial charge in [-0.1, -0.05) is 23.2 Å². The van der Waals surface area contributed by atoms with Crippen LogP contribution in [0.4, 0.5) is 5.69 Å². The third kappa shape index (κ3) is 2.60. The van der Waals surface area contributed by atoms with Crippen molar-refractivity contribution in [3.63, 3.8) is 0 Å². The maximum absolute atomic E-state index is 10.6. The van der Waals surface area contributed by atoms with E-state index in [0.717, 1.165) is 12.1 Å². The summed E-state index contributed by atoms with van der Waals surface area (Å²) in [5, 5.41) is 13.1. The van der Waals surface area contributed by atoms with Gasteiger partial charge in [0.15, 0.2) is 0 Å². The van der Waals surface area contributed by atoms with E-state index in [-0.39, 0.29) is 11.8 Å². The van der Waals surface area contributed by atoms with E-state index in [1.807, 2.05) is 0 Å². The molecule has 2 atom stereocenters. The minimum atomic E-state index is -0.719. The highest BCUT2D eigenvalue weighted by Crippen LogP contribution is 2.39. The van der Waals surface area contributed by atoms with Gasteiger partial charge < -0.3 is 10.4 Å². The Bertz CT molecular complexity index is 422. The summed E-state index contributed by atoms with van der Waals surface area (Å²) in [6, 6.07) is 5.17. The van der Waals surface area contributed by atoms with Gasteiger partial charge in [-0.15, -0.1) is 0 Å². The lowest BCUT2D eigenvalue weighted by Gasteiger charge is -2.07. The molecule has 86 valence electrons. The van der Waals surface area contributed by atoms with Crippen molar-refractivity contribution in [2.45, 2.75) is 6.42 Å². The van der Waals surface area contributed by atoms with E-state index < -0.39 is 5.97 Å². The number of anilines is 1. The average Bonchev–Trinajstić information content (AvgIpc) is 2.99. The number of hydrogen-bond acceptors (Lipinski definition) is 2. The molecule has 3 nitrogen and oxygen atoms in total. The number of halogens is 2. The summed E-state index contributed by atoms with van der Waals surface area (Å²) in [5.74, 6) is -0.720. The fourth-order valence-corrected chi connectivity index (χ4v) is 2.01. The molecular formula is C11H11Cl2NO2. The standard InChI is InChI=1S/C11H11Cl2NO2/c12-7-1-2-9(13)10(4-7)14-5-6-3-8(6)11(15)16/h1-2,4,6,8,14H,3,5H2,(H,15,16). The molecule has 0 aliphatic heterocycles. The predicted molar refractivity (Wildman–Crippen MR) is 64.2 cm³/mol. The van der Waals surface area contributed by atoms with Crippen LogP contribution in [0.1, 0.15) is 6.42 Å². The van der Waals surface area contributed by atoms with E-state index in [2.05, 4.69) is 5.32 Å². The van der Waals surface area contributed by atoms with E-state index in [0.29, 0.717) is 16.6 Å². The minimum absolute atomic E-state index is 0.201. The third-order valence-electron chi connectivity index (χ3n) is 2.72. The molecule has 0 saturated heterocycles. The molecule has 1 aliphatic rings. The zero-order valence-corrected chi connectivity index (χ0v) is 9.92. The Kier molecular flexibility index (Phi) is 3.26. The second kappa shape index (κ2) is 4.52. The fraction of sp³-hybridized carbons (Fsp3) is 0.364. The lowest BCUT2D eigenvalue weighted by molar-refractivity contribution is -0.138. The Labute approximate surface area is 103 Å². The zero-order valence-electron chi connectivity index (χ0n) is 8.41. The largest absolute Gasteiger partial charge is 0.481 e. The normalized spacial score (nSPS) is 22.9. The third-order valence-corrected chi connectivity index (χ3v) is 3.29. The molecule has 16 heavy (non-hydrogen) atoms. The van der Waals surface area contributed by atoms with Crippen LogP contribution in [-0.2, 0) is 4.79 Å². The molecule has 1 saturated carbocycles. The van der Waals surface area contributed by atoms with Gasteiger partial charge in [-0.2, -0.15) is 0 Å². The summed E-state index contributed by atoms with van der Waals surface area (Å²) >= 11 is 11.8. The first kappa shape index (κ1) is 11.6. The van der Waals surface area contributed by atoms with Crippen molar-refractivity contribution in [3.05, 3.63) is 28.2 Å². The first-order valence-electron chi connectivity index (χ1n) is 4.99. The summed E-state index contributed by atoms with van der Waals surface area (Å²) in [5.41, 5.74) is 0.755. The Morgan fingerprint density at radius 1 is 1.50 bits per heavy atom. The maximum Gasteiger partial charge on any atom is 0.306 e. The Hall–Kier alpha value is -0.930. The van der Waals surface area contributed by atoms with Crippen molar-refractivity contribution in [2.75, 3.05) is 11.9 Å². The van der Waals surface area contributed by atoms with E-state index in [1.54, 1.807) is 18.2 Å². The summed E-state index contributed by atoms with van der Waals surface area (Å²) < 4.78 is 0. The molecule has 0 spiro atoms. The summed E-state index contributed by atoms with van der Waals surface area (Å²) in [6.45, 7) is 0.622. The lowest BCUT2D eigenvalue weighted by atomic mass is 10.3. The van der Waals surface area contributed by atoms with Crippen molar-refractivity contribution < 1.29 is 9.90 Å². The van der Waals surface area contributed by atoms with E-state index in [4.69, 9.17) is 28.3 Å². The number of hydrogen-bond donors (Lipinski definition) is 2. The number of carboxylic acids is 1. The Balaban J connectivity index is 1.91. The van der Waals surface area contributed by atoms with Crippen LogP contribution < -0.4 is 5.32 Å². The molecule has 0 amide bonds. The Morgan fingerprint density at radius 3 is 2.88 bits per heavy atom. The summed E-state index contributed by atoms with van der Waals surface area (Å²) in [6.07, 6.45) is 0.737. The van der Waals surface area contributed by atoms with Gasteiger partial charge in [0.1, 0.15) is 0 Å². The topological polar surface area (TPSA) is 49.3 Å². The molecule has 1 aromatic rings. The summed E-state index contributed by atoms with van der Waals surface area (Å²) in [7, 11) is 0. The van der Waals surface area contributed by atoms with Crippen LogP contribution >= 0.6 is 23.2 Å². The molecule has 1 aliphatic carbocycles. The second-order valence-corrected chi connectivity index (χ2v) is 4.79. The van der Waals surface area contributed by atoms with Crippen LogP contribution in [0.15, 0.2) is 18.2 Å². The highest BCUT2D eigenvalue weighted by Gasteiger charge is 2.42. The molecule has 2 rings (SSSR count). The lowest BCUT2D eigenvalue weighted by Crippen LogP contribution is -2.08. The first-order valence-corrected chi connectivity index (χ1v) is 5.75. The highest BCUT2D eigenvalue weighted by atomic mass is 35.5. The maximum atomic E-state index is 10.6. The minimum Gasteiger partial charge on any atom is -0.481 e. The van der Waals surface area contributed by atoms with Gasteiger partial charge in [0.05, 0.1) is 16.6 Å². The number of rotatable bonds is 4. The number of carboxylic acid groups (broad SMARTS) is 1. The van der Waals surface area contributed by atoms with Crippen LogP contribution in [0.25, 0.3) is 0 Å². The van der Waals surface area contributed by atoms with Crippen molar-refractivity contribution >= 4 is 34.9 Å². The molecule has 0 heterocycles. The van der Waals surface area contributed by atoms with Gasteiger partial charge in [0, 0.05) is 11.6 Å². The predicted octanol–water partition coefficient (Wildman–Crippen LogP) is 3.13. The smallest absolute Gasteiger partial charge is 0.306 e. The Morgan fingerprint density at radius 2 is 2.25 bits per heavy atom. The van der Waals surface area contributed by atoms with E-state index in [9.17, 15) is 4.79 Å². The highest BCUT2D eigenvalue weighted by molar-refractivity contribution is 6.35. The molecule has 0 aromatic heterocycles. The molecule has 2 N–H and O–H groups in total. The average molecular weight is 260 g/mol. The van der Waals surface area contributed by atoms with Gasteiger partial charge in [0.25, 0.3) is 0 Å². The van der Waals surface area contributed by atoms with Crippen LogP contribution in [0, 0.1) is 11.8 Å². The van der Waals surface area contributed by atoms with Crippen LogP contribution in [0.2, 0.25) is 10.0 Å². The molecule has 2 unspecified atom stereocenters. The van der Waals surface area contributed by atoms with Crippen molar-refractivity contribution in [2.24, 2.45) is 11.8 Å². The first-order chi connectivity index (χ1) is 7.58. The van der Waals surface area contributed by atoms with Gasteiger partial charge in [-0.25, -0.2) is 0 Å². The number of carbonyl (C=O) groups is 1. The van der Waals surface area contributed by atoms with Crippen molar-refractivity contribution in [1.29, 1.82) is 0 Å². The number of nitrogens with one attached hydrogen (secondary N) is 1. The van der Waals surface area contributed by atoms with Crippen LogP contribution in [-0.4, -0.2) is 17.6 Å². The summed E-state index contributed by atoms with van der Waals surface area (Å²) in [4.78, 5) is 10.6. The van der Waals surface area contributed by atoms with E-state index in [1.165, 1.54) is 0 Å². The fourth-order valence-electron chi connectivity index (χ4n) is 1.65. The quantitative estimate of drug-likeness (QED) is 0.874. The molecule has 1 aromatic carbocycles. The molecule has 0 bridgehead atoms.